The van der Waals surface area contributed by atoms with E-state index in [9.17, 15) is 9.59 Å². The first-order valence-corrected chi connectivity index (χ1v) is 5.12. The lowest BCUT2D eigenvalue weighted by Crippen LogP contribution is -2.10. The normalized spacial score (nSPS) is 10.7. The van der Waals surface area contributed by atoms with Crippen LogP contribution in [0.1, 0.15) is 32.1 Å². The zero-order valence-electron chi connectivity index (χ0n) is 8.77. The van der Waals surface area contributed by atoms with Gasteiger partial charge in [0.25, 0.3) is 0 Å². The van der Waals surface area contributed by atoms with Crippen LogP contribution in [0.4, 0.5) is 0 Å². The zero-order chi connectivity index (χ0) is 11.6. The van der Waals surface area contributed by atoms with Crippen LogP contribution < -0.4 is 0 Å². The van der Waals surface area contributed by atoms with Gasteiger partial charge in [0.05, 0.1) is 0 Å². The van der Waals surface area contributed by atoms with E-state index >= 15 is 0 Å². The molecule has 1 rings (SSSR count). The molecule has 0 bridgehead atoms. The highest BCUT2D eigenvalue weighted by Gasteiger charge is 2.20. The number of nitrogens with zero attached hydrogens (tertiary/aromatic N) is 2. The molecule has 15 heavy (non-hydrogen) atoms. The molecule has 0 spiro atoms. The van der Waals surface area contributed by atoms with E-state index in [-0.39, 0.29) is 16.4 Å². The Hall–Kier alpha value is -1.27. The third-order valence-electron chi connectivity index (χ3n) is 1.65. The molecule has 5 nitrogen and oxygen atoms in total. The number of thiazole rings is 1. The molecule has 6 heteroatoms. The summed E-state index contributed by atoms with van der Waals surface area (Å²) in [6.45, 7) is 1.89. The van der Waals surface area contributed by atoms with Crippen LogP contribution in [0.2, 0.25) is 0 Å². The van der Waals surface area contributed by atoms with Crippen molar-refractivity contribution in [3.05, 3.63) is 15.6 Å². The van der Waals surface area contributed by atoms with Gasteiger partial charge in [-0.3, -0.25) is 4.79 Å². The second-order valence-corrected chi connectivity index (χ2v) is 4.47. The van der Waals surface area contributed by atoms with Crippen LogP contribution in [0.3, 0.4) is 0 Å². The number of carboxylic acids is 1. The Morgan fingerprint density at radius 1 is 1.47 bits per heavy atom. The standard InChI is InChI=1S/C9H12N2O3S/c1-5(12)8-7(9(13)14)10-6(15-8)4-11(2)3/h4H2,1-3H3,(H,13,14). The molecule has 0 aliphatic rings. The minimum atomic E-state index is -1.15. The highest BCUT2D eigenvalue weighted by Crippen LogP contribution is 2.20. The lowest BCUT2D eigenvalue weighted by Gasteiger charge is -2.04. The summed E-state index contributed by atoms with van der Waals surface area (Å²) in [5.74, 6) is -1.41. The number of carbonyl (C=O) groups is 2. The molecular weight excluding hydrogens is 216 g/mol. The Balaban J connectivity index is 3.09. The summed E-state index contributed by atoms with van der Waals surface area (Å²) in [5.41, 5.74) is -0.135. The van der Waals surface area contributed by atoms with Gasteiger partial charge < -0.3 is 10.0 Å². The van der Waals surface area contributed by atoms with Crippen LogP contribution in [0.15, 0.2) is 0 Å². The number of hydrogen-bond donors (Lipinski definition) is 1. The van der Waals surface area contributed by atoms with Crippen molar-refractivity contribution >= 4 is 23.1 Å². The maximum Gasteiger partial charge on any atom is 0.356 e. The average molecular weight is 228 g/mol. The molecule has 0 radical (unpaired) electrons. The number of aromatic nitrogens is 1. The van der Waals surface area contributed by atoms with Crippen LogP contribution in [-0.4, -0.2) is 40.8 Å². The summed E-state index contributed by atoms with van der Waals surface area (Å²) >= 11 is 1.14. The second kappa shape index (κ2) is 4.50. The number of carbonyl (C=O) groups excluding carboxylic acids is 1. The first-order valence-electron chi connectivity index (χ1n) is 4.30. The van der Waals surface area contributed by atoms with Gasteiger partial charge in [-0.15, -0.1) is 11.3 Å². The molecule has 0 unspecified atom stereocenters. The minimum Gasteiger partial charge on any atom is -0.476 e. The summed E-state index contributed by atoms with van der Waals surface area (Å²) in [6, 6.07) is 0. The Bertz CT molecular complexity index is 367. The van der Waals surface area contributed by atoms with E-state index in [1.807, 2.05) is 19.0 Å². The number of carboxylic acid groups (broad SMARTS) is 1. The van der Waals surface area contributed by atoms with Crippen LogP contribution in [0, 0.1) is 0 Å². The van der Waals surface area contributed by atoms with Crippen molar-refractivity contribution in [2.45, 2.75) is 13.5 Å². The quantitative estimate of drug-likeness (QED) is 0.781. The van der Waals surface area contributed by atoms with E-state index in [4.69, 9.17) is 5.11 Å². The molecule has 0 fully saturated rings. The van der Waals surface area contributed by atoms with Crippen LogP contribution in [0.5, 0.6) is 0 Å². The molecule has 0 saturated heterocycles. The van der Waals surface area contributed by atoms with Gasteiger partial charge in [0.1, 0.15) is 9.88 Å². The number of hydrogen-bond acceptors (Lipinski definition) is 5. The Morgan fingerprint density at radius 2 is 2.07 bits per heavy atom. The van der Waals surface area contributed by atoms with Crippen molar-refractivity contribution in [3.63, 3.8) is 0 Å². The monoisotopic (exact) mass is 228 g/mol. The molecule has 1 aromatic rings. The fourth-order valence-corrected chi connectivity index (χ4v) is 2.15. The van der Waals surface area contributed by atoms with Crippen molar-refractivity contribution in [1.82, 2.24) is 9.88 Å². The van der Waals surface area contributed by atoms with Crippen LogP contribution in [0.25, 0.3) is 0 Å². The summed E-state index contributed by atoms with van der Waals surface area (Å²) < 4.78 is 0. The number of aromatic carboxylic acids is 1. The van der Waals surface area contributed by atoms with Crippen LogP contribution >= 0.6 is 11.3 Å². The smallest absolute Gasteiger partial charge is 0.356 e. The van der Waals surface area contributed by atoms with E-state index in [2.05, 4.69) is 4.98 Å². The average Bonchev–Trinajstić information content (AvgIpc) is 2.46. The van der Waals surface area contributed by atoms with Gasteiger partial charge in [0.2, 0.25) is 0 Å². The number of ketones is 1. The summed E-state index contributed by atoms with van der Waals surface area (Å²) in [6.07, 6.45) is 0. The highest BCUT2D eigenvalue weighted by molar-refractivity contribution is 7.14. The topological polar surface area (TPSA) is 70.5 Å². The van der Waals surface area contributed by atoms with Gasteiger partial charge in [-0.2, -0.15) is 0 Å². The number of Topliss-reactive ketones (excluding diaryl/α,β-unsaturated/α-hetero) is 1. The predicted octanol–water partition coefficient (Wildman–Crippen LogP) is 1.11. The van der Waals surface area contributed by atoms with Gasteiger partial charge in [-0.25, -0.2) is 9.78 Å². The molecule has 0 atom stereocenters. The molecular formula is C9H12N2O3S. The van der Waals surface area contributed by atoms with Crippen LogP contribution in [-0.2, 0) is 6.54 Å². The second-order valence-electron chi connectivity index (χ2n) is 3.38. The summed E-state index contributed by atoms with van der Waals surface area (Å²) in [5, 5.41) is 9.48. The highest BCUT2D eigenvalue weighted by atomic mass is 32.1. The maximum atomic E-state index is 11.2. The van der Waals surface area contributed by atoms with Crippen molar-refractivity contribution in [2.75, 3.05) is 14.1 Å². The molecule has 1 N–H and O–H groups in total. The van der Waals surface area contributed by atoms with Gasteiger partial charge in [-0.1, -0.05) is 0 Å². The summed E-state index contributed by atoms with van der Waals surface area (Å²) in [4.78, 5) is 28.0. The fraction of sp³-hybridized carbons (Fsp3) is 0.444. The van der Waals surface area contributed by atoms with Crippen molar-refractivity contribution in [3.8, 4) is 0 Å². The van der Waals surface area contributed by atoms with Gasteiger partial charge in [-0.05, 0) is 14.1 Å². The summed E-state index contributed by atoms with van der Waals surface area (Å²) in [7, 11) is 3.71. The largest absolute Gasteiger partial charge is 0.476 e. The molecule has 0 amide bonds. The van der Waals surface area contributed by atoms with E-state index < -0.39 is 5.97 Å². The molecule has 0 aliphatic heterocycles. The van der Waals surface area contributed by atoms with E-state index in [1.165, 1.54) is 6.92 Å². The fourth-order valence-electron chi connectivity index (χ4n) is 1.09. The van der Waals surface area contributed by atoms with Gasteiger partial charge in [0.15, 0.2) is 11.5 Å². The lowest BCUT2D eigenvalue weighted by atomic mass is 10.3. The Kier molecular flexibility index (Phi) is 3.54. The minimum absolute atomic E-state index is 0.135. The Morgan fingerprint density at radius 3 is 2.40 bits per heavy atom. The molecule has 0 saturated carbocycles. The van der Waals surface area contributed by atoms with E-state index in [1.54, 1.807) is 0 Å². The zero-order valence-corrected chi connectivity index (χ0v) is 9.59. The van der Waals surface area contributed by atoms with Gasteiger partial charge in [0, 0.05) is 13.5 Å². The lowest BCUT2D eigenvalue weighted by molar-refractivity contribution is 0.0686. The van der Waals surface area contributed by atoms with Crippen molar-refractivity contribution in [2.24, 2.45) is 0 Å². The SMILES string of the molecule is CC(=O)c1sc(CN(C)C)nc1C(=O)O. The van der Waals surface area contributed by atoms with E-state index in [0.29, 0.717) is 11.6 Å². The molecule has 82 valence electrons. The molecule has 0 aliphatic carbocycles. The van der Waals surface area contributed by atoms with E-state index in [0.717, 1.165) is 11.3 Å². The van der Waals surface area contributed by atoms with Crippen molar-refractivity contribution in [1.29, 1.82) is 0 Å². The predicted molar refractivity (Wildman–Crippen MR) is 56.5 cm³/mol. The number of rotatable bonds is 4. The first-order chi connectivity index (χ1) is 6.91. The third-order valence-corrected chi connectivity index (χ3v) is 2.79. The molecule has 0 aromatic carbocycles. The van der Waals surface area contributed by atoms with Crippen molar-refractivity contribution < 1.29 is 14.7 Å². The maximum absolute atomic E-state index is 11.2. The Labute approximate surface area is 91.4 Å². The molecule has 1 heterocycles. The first kappa shape index (κ1) is 11.8. The molecule has 1 aromatic heterocycles. The third kappa shape index (κ3) is 2.84. The van der Waals surface area contributed by atoms with Gasteiger partial charge >= 0.3 is 5.97 Å².